The van der Waals surface area contributed by atoms with Crippen LogP contribution in [0.5, 0.6) is 0 Å². The predicted octanol–water partition coefficient (Wildman–Crippen LogP) is 3.24. The zero-order valence-corrected chi connectivity index (χ0v) is 10.2. The number of rotatable bonds is 5. The molecule has 0 radical (unpaired) electrons. The van der Waals surface area contributed by atoms with Gasteiger partial charge in [0.25, 0.3) is 0 Å². The number of ether oxygens (including phenoxy) is 1. The molecule has 0 amide bonds. The molecule has 0 aliphatic rings. The average Bonchev–Trinajstić information content (AvgIpc) is 2.39. The zero-order chi connectivity index (χ0) is 13.7. The Balaban J connectivity index is 1.98. The van der Waals surface area contributed by atoms with Crippen LogP contribution in [-0.4, -0.2) is 11.1 Å². The van der Waals surface area contributed by atoms with Gasteiger partial charge in [0.1, 0.15) is 5.82 Å². The summed E-state index contributed by atoms with van der Waals surface area (Å²) in [5.74, 6) is -1.72. The van der Waals surface area contributed by atoms with Gasteiger partial charge in [0.15, 0.2) is 0 Å². The van der Waals surface area contributed by atoms with Crippen molar-refractivity contribution in [2.24, 2.45) is 0 Å². The van der Waals surface area contributed by atoms with Crippen LogP contribution in [0.3, 0.4) is 0 Å². The molecule has 2 aromatic rings. The summed E-state index contributed by atoms with van der Waals surface area (Å²) in [6, 6.07) is 13.3. The second-order valence-electron chi connectivity index (χ2n) is 4.13. The largest absolute Gasteiger partial charge is 0.478 e. The number of hydrogen-bond donors (Lipinski definition) is 1. The van der Waals surface area contributed by atoms with E-state index < -0.39 is 11.8 Å². The lowest BCUT2D eigenvalue weighted by atomic mass is 10.1. The van der Waals surface area contributed by atoms with Crippen LogP contribution >= 0.6 is 0 Å². The quantitative estimate of drug-likeness (QED) is 0.897. The van der Waals surface area contributed by atoms with E-state index in [9.17, 15) is 9.18 Å². The lowest BCUT2D eigenvalue weighted by Crippen LogP contribution is -2.01. The van der Waals surface area contributed by atoms with E-state index in [-0.39, 0.29) is 12.2 Å². The first-order valence-corrected chi connectivity index (χ1v) is 5.79. The van der Waals surface area contributed by atoms with Crippen LogP contribution in [0.15, 0.2) is 48.5 Å². The van der Waals surface area contributed by atoms with Crippen LogP contribution in [0.2, 0.25) is 0 Å². The fourth-order valence-corrected chi connectivity index (χ4v) is 1.72. The number of carboxylic acids is 1. The standard InChI is InChI=1S/C15H13FO3/c16-14-7-12(6-13(8-14)15(17)18)10-19-9-11-4-2-1-3-5-11/h1-8H,9-10H2,(H,17,18). The van der Waals surface area contributed by atoms with Crippen LogP contribution in [0.1, 0.15) is 21.5 Å². The van der Waals surface area contributed by atoms with Gasteiger partial charge in [-0.15, -0.1) is 0 Å². The van der Waals surface area contributed by atoms with Crippen LogP contribution in [0, 0.1) is 5.82 Å². The molecule has 1 N–H and O–H groups in total. The highest BCUT2D eigenvalue weighted by atomic mass is 19.1. The molecule has 0 saturated carbocycles. The van der Waals surface area contributed by atoms with Crippen molar-refractivity contribution < 1.29 is 19.0 Å². The van der Waals surface area contributed by atoms with E-state index in [4.69, 9.17) is 9.84 Å². The molecule has 0 spiro atoms. The molecular weight excluding hydrogens is 247 g/mol. The molecule has 4 heteroatoms. The molecule has 0 atom stereocenters. The highest BCUT2D eigenvalue weighted by Gasteiger charge is 2.07. The summed E-state index contributed by atoms with van der Waals surface area (Å²) in [7, 11) is 0. The molecular formula is C15H13FO3. The van der Waals surface area contributed by atoms with Crippen molar-refractivity contribution in [1.29, 1.82) is 0 Å². The summed E-state index contributed by atoms with van der Waals surface area (Å²) in [5.41, 5.74) is 1.45. The Morgan fingerprint density at radius 2 is 1.74 bits per heavy atom. The van der Waals surface area contributed by atoms with Crippen molar-refractivity contribution in [2.45, 2.75) is 13.2 Å². The van der Waals surface area contributed by atoms with Gasteiger partial charge in [0.05, 0.1) is 18.8 Å². The Kier molecular flexibility index (Phi) is 4.26. The average molecular weight is 260 g/mol. The molecule has 2 rings (SSSR count). The predicted molar refractivity (Wildman–Crippen MR) is 68.3 cm³/mol. The van der Waals surface area contributed by atoms with Gasteiger partial charge in [0, 0.05) is 0 Å². The minimum atomic E-state index is -1.15. The Morgan fingerprint density at radius 3 is 2.42 bits per heavy atom. The van der Waals surface area contributed by atoms with Gasteiger partial charge in [-0.25, -0.2) is 9.18 Å². The highest BCUT2D eigenvalue weighted by Crippen LogP contribution is 2.11. The lowest BCUT2D eigenvalue weighted by Gasteiger charge is -2.06. The third-order valence-corrected chi connectivity index (χ3v) is 2.58. The zero-order valence-electron chi connectivity index (χ0n) is 10.2. The van der Waals surface area contributed by atoms with E-state index >= 15 is 0 Å². The number of hydrogen-bond acceptors (Lipinski definition) is 2. The first kappa shape index (κ1) is 13.2. The highest BCUT2D eigenvalue weighted by molar-refractivity contribution is 5.87. The van der Waals surface area contributed by atoms with Crippen molar-refractivity contribution in [3.05, 3.63) is 71.0 Å². The molecule has 0 aliphatic carbocycles. The number of halogens is 1. The van der Waals surface area contributed by atoms with E-state index in [1.54, 1.807) is 0 Å². The molecule has 3 nitrogen and oxygen atoms in total. The van der Waals surface area contributed by atoms with Gasteiger partial charge >= 0.3 is 5.97 Å². The molecule has 0 aromatic heterocycles. The van der Waals surface area contributed by atoms with Crippen molar-refractivity contribution in [3.63, 3.8) is 0 Å². The fourth-order valence-electron chi connectivity index (χ4n) is 1.72. The van der Waals surface area contributed by atoms with Gasteiger partial charge < -0.3 is 9.84 Å². The maximum absolute atomic E-state index is 13.2. The van der Waals surface area contributed by atoms with E-state index in [2.05, 4.69) is 0 Å². The van der Waals surface area contributed by atoms with Gasteiger partial charge in [-0.05, 0) is 29.3 Å². The molecule has 2 aromatic carbocycles. The molecule has 0 saturated heterocycles. The smallest absolute Gasteiger partial charge is 0.335 e. The normalized spacial score (nSPS) is 10.4. The number of carbonyl (C=O) groups is 1. The maximum Gasteiger partial charge on any atom is 0.335 e. The summed E-state index contributed by atoms with van der Waals surface area (Å²) in [5, 5.41) is 8.83. The minimum absolute atomic E-state index is 0.0710. The second-order valence-corrected chi connectivity index (χ2v) is 4.13. The summed E-state index contributed by atoms with van der Waals surface area (Å²) >= 11 is 0. The monoisotopic (exact) mass is 260 g/mol. The maximum atomic E-state index is 13.2. The summed E-state index contributed by atoms with van der Waals surface area (Å²) in [6.45, 7) is 0.576. The first-order valence-electron chi connectivity index (χ1n) is 5.79. The van der Waals surface area contributed by atoms with Gasteiger partial charge in [-0.2, -0.15) is 0 Å². The van der Waals surface area contributed by atoms with Crippen LogP contribution in [0.4, 0.5) is 4.39 Å². The van der Waals surface area contributed by atoms with Crippen LogP contribution < -0.4 is 0 Å². The SMILES string of the molecule is O=C(O)c1cc(F)cc(COCc2ccccc2)c1. The van der Waals surface area contributed by atoms with Crippen molar-refractivity contribution >= 4 is 5.97 Å². The molecule has 98 valence electrons. The molecule has 0 fully saturated rings. The van der Waals surface area contributed by atoms with Crippen LogP contribution in [0.25, 0.3) is 0 Å². The van der Waals surface area contributed by atoms with E-state index in [0.29, 0.717) is 12.2 Å². The third-order valence-electron chi connectivity index (χ3n) is 2.58. The van der Waals surface area contributed by atoms with Gasteiger partial charge in [-0.3, -0.25) is 0 Å². The first-order chi connectivity index (χ1) is 9.15. The Hall–Kier alpha value is -2.20. The van der Waals surface area contributed by atoms with E-state index in [1.807, 2.05) is 30.3 Å². The topological polar surface area (TPSA) is 46.5 Å². The van der Waals surface area contributed by atoms with Crippen molar-refractivity contribution in [1.82, 2.24) is 0 Å². The van der Waals surface area contributed by atoms with E-state index in [0.717, 1.165) is 11.6 Å². The molecule has 0 unspecified atom stereocenters. The second kappa shape index (κ2) is 6.11. The van der Waals surface area contributed by atoms with E-state index in [1.165, 1.54) is 12.1 Å². The molecule has 0 heterocycles. The Labute approximate surface area is 110 Å². The summed E-state index contributed by atoms with van der Waals surface area (Å²) in [6.07, 6.45) is 0. The molecule has 0 aliphatic heterocycles. The van der Waals surface area contributed by atoms with Crippen molar-refractivity contribution in [2.75, 3.05) is 0 Å². The molecule has 0 bridgehead atoms. The third kappa shape index (κ3) is 3.89. The number of aromatic carboxylic acids is 1. The summed E-state index contributed by atoms with van der Waals surface area (Å²) < 4.78 is 18.7. The molecule has 19 heavy (non-hydrogen) atoms. The Bertz CT molecular complexity index is 567. The number of carboxylic acid groups (broad SMARTS) is 1. The summed E-state index contributed by atoms with van der Waals surface area (Å²) in [4.78, 5) is 10.8. The lowest BCUT2D eigenvalue weighted by molar-refractivity contribution is 0.0695. The van der Waals surface area contributed by atoms with Crippen molar-refractivity contribution in [3.8, 4) is 0 Å². The minimum Gasteiger partial charge on any atom is -0.478 e. The Morgan fingerprint density at radius 1 is 1.05 bits per heavy atom. The van der Waals surface area contributed by atoms with Gasteiger partial charge in [-0.1, -0.05) is 30.3 Å². The van der Waals surface area contributed by atoms with Gasteiger partial charge in [0.2, 0.25) is 0 Å². The number of benzene rings is 2. The van der Waals surface area contributed by atoms with Crippen LogP contribution in [-0.2, 0) is 18.0 Å². The fraction of sp³-hybridized carbons (Fsp3) is 0.133.